The van der Waals surface area contributed by atoms with Gasteiger partial charge in [-0.25, -0.2) is 4.39 Å². The van der Waals surface area contributed by atoms with Gasteiger partial charge in [-0.05, 0) is 24.1 Å². The fourth-order valence-corrected chi connectivity index (χ4v) is 2.37. The van der Waals surface area contributed by atoms with Crippen LogP contribution in [0.2, 0.25) is 0 Å². The number of amides is 2. The maximum Gasteiger partial charge on any atom is 0.225 e. The van der Waals surface area contributed by atoms with Gasteiger partial charge in [-0.15, -0.1) is 0 Å². The molecule has 1 fully saturated rings. The molecule has 0 aliphatic carbocycles. The van der Waals surface area contributed by atoms with Crippen LogP contribution in [0.4, 0.5) is 4.39 Å². The van der Waals surface area contributed by atoms with Crippen LogP contribution in [0.15, 0.2) is 24.3 Å². The minimum atomic E-state index is -0.450. The molecule has 1 heterocycles. The summed E-state index contributed by atoms with van der Waals surface area (Å²) in [6.45, 7) is 1.37. The number of nitrogens with one attached hydrogen (secondary N) is 2. The van der Waals surface area contributed by atoms with E-state index in [1.807, 2.05) is 0 Å². The normalized spacial score (nSPS) is 21.6. The zero-order valence-corrected chi connectivity index (χ0v) is 11.1. The van der Waals surface area contributed by atoms with Crippen LogP contribution in [-0.2, 0) is 16.0 Å². The Balaban J connectivity index is 1.80. The maximum absolute atomic E-state index is 12.7. The van der Waals surface area contributed by atoms with E-state index >= 15 is 0 Å². The number of hydrogen-bond acceptors (Lipinski definition) is 3. The Hall–Kier alpha value is -1.95. The third-order valence-electron chi connectivity index (χ3n) is 3.54. The number of benzene rings is 1. The van der Waals surface area contributed by atoms with Crippen molar-refractivity contribution in [2.45, 2.75) is 6.42 Å². The molecule has 5 nitrogen and oxygen atoms in total. The van der Waals surface area contributed by atoms with E-state index in [1.165, 1.54) is 12.1 Å². The Labute approximate surface area is 116 Å². The summed E-state index contributed by atoms with van der Waals surface area (Å²) < 4.78 is 12.7. The zero-order chi connectivity index (χ0) is 14.5. The molecule has 0 bridgehead atoms. The molecule has 4 N–H and O–H groups in total. The second-order valence-corrected chi connectivity index (χ2v) is 4.94. The molecule has 2 atom stereocenters. The smallest absolute Gasteiger partial charge is 0.225 e. The van der Waals surface area contributed by atoms with Gasteiger partial charge in [0.2, 0.25) is 11.8 Å². The van der Waals surface area contributed by atoms with Crippen LogP contribution < -0.4 is 16.4 Å². The van der Waals surface area contributed by atoms with Crippen molar-refractivity contribution in [2.24, 2.45) is 17.6 Å². The number of carbonyl (C=O) groups is 2. The molecule has 0 aromatic heterocycles. The third-order valence-corrected chi connectivity index (χ3v) is 3.54. The number of primary amides is 1. The van der Waals surface area contributed by atoms with Gasteiger partial charge >= 0.3 is 0 Å². The molecule has 0 radical (unpaired) electrons. The number of carbonyl (C=O) groups excluding carboxylic acids is 2. The molecule has 0 spiro atoms. The predicted octanol–water partition coefficient (Wildman–Crippen LogP) is -0.195. The number of halogens is 1. The zero-order valence-electron chi connectivity index (χ0n) is 11.1. The summed E-state index contributed by atoms with van der Waals surface area (Å²) in [5, 5.41) is 5.79. The highest BCUT2D eigenvalue weighted by Crippen LogP contribution is 2.16. The largest absolute Gasteiger partial charge is 0.369 e. The lowest BCUT2D eigenvalue weighted by Crippen LogP contribution is -2.40. The van der Waals surface area contributed by atoms with E-state index in [-0.39, 0.29) is 11.7 Å². The highest BCUT2D eigenvalue weighted by atomic mass is 19.1. The van der Waals surface area contributed by atoms with Crippen molar-refractivity contribution in [2.75, 3.05) is 19.6 Å². The Morgan fingerprint density at radius 3 is 2.55 bits per heavy atom. The highest BCUT2D eigenvalue weighted by molar-refractivity contribution is 5.87. The van der Waals surface area contributed by atoms with Gasteiger partial charge in [0.05, 0.1) is 11.8 Å². The van der Waals surface area contributed by atoms with Gasteiger partial charge < -0.3 is 16.4 Å². The first-order chi connectivity index (χ1) is 9.58. The van der Waals surface area contributed by atoms with Crippen LogP contribution in [0.25, 0.3) is 0 Å². The van der Waals surface area contributed by atoms with Gasteiger partial charge in [0, 0.05) is 19.6 Å². The molecule has 1 saturated heterocycles. The molecule has 6 heteroatoms. The molecule has 0 saturated carbocycles. The Bertz CT molecular complexity index is 490. The standard InChI is InChI=1S/C14H18FN3O2/c15-10-3-1-9(2-4-10)5-6-18-14(20)12-8-17-7-11(12)13(16)19/h1-4,11-12,17H,5-8H2,(H2,16,19)(H,18,20). The highest BCUT2D eigenvalue weighted by Gasteiger charge is 2.36. The lowest BCUT2D eigenvalue weighted by molar-refractivity contribution is -0.131. The van der Waals surface area contributed by atoms with Crippen molar-refractivity contribution in [3.05, 3.63) is 35.6 Å². The summed E-state index contributed by atoms with van der Waals surface area (Å²) in [4.78, 5) is 23.2. The van der Waals surface area contributed by atoms with Crippen molar-refractivity contribution < 1.29 is 14.0 Å². The van der Waals surface area contributed by atoms with Crippen LogP contribution >= 0.6 is 0 Å². The summed E-state index contributed by atoms with van der Waals surface area (Å²) in [6.07, 6.45) is 0.618. The van der Waals surface area contributed by atoms with E-state index < -0.39 is 17.7 Å². The van der Waals surface area contributed by atoms with Crippen molar-refractivity contribution in [3.8, 4) is 0 Å². The van der Waals surface area contributed by atoms with E-state index in [1.54, 1.807) is 12.1 Å². The van der Waals surface area contributed by atoms with Crippen molar-refractivity contribution in [1.82, 2.24) is 10.6 Å². The number of hydrogen-bond donors (Lipinski definition) is 3. The second kappa shape index (κ2) is 6.47. The topological polar surface area (TPSA) is 84.2 Å². The van der Waals surface area contributed by atoms with Crippen LogP contribution in [0, 0.1) is 17.7 Å². The van der Waals surface area contributed by atoms with Crippen molar-refractivity contribution in [1.29, 1.82) is 0 Å². The Morgan fingerprint density at radius 1 is 1.25 bits per heavy atom. The molecule has 108 valence electrons. The van der Waals surface area contributed by atoms with E-state index in [9.17, 15) is 14.0 Å². The van der Waals surface area contributed by atoms with Gasteiger partial charge in [-0.2, -0.15) is 0 Å². The molecular formula is C14H18FN3O2. The Morgan fingerprint density at radius 2 is 1.90 bits per heavy atom. The first-order valence-electron chi connectivity index (χ1n) is 6.60. The summed E-state index contributed by atoms with van der Waals surface area (Å²) >= 11 is 0. The Kier molecular flexibility index (Phi) is 4.68. The summed E-state index contributed by atoms with van der Waals surface area (Å²) in [5.41, 5.74) is 6.21. The van der Waals surface area contributed by atoms with Crippen LogP contribution in [0.3, 0.4) is 0 Å². The summed E-state index contributed by atoms with van der Waals surface area (Å²) in [5.74, 6) is -1.74. The average molecular weight is 279 g/mol. The van der Waals surface area contributed by atoms with Crippen molar-refractivity contribution in [3.63, 3.8) is 0 Å². The average Bonchev–Trinajstić information content (AvgIpc) is 2.90. The number of rotatable bonds is 5. The molecular weight excluding hydrogens is 261 g/mol. The quantitative estimate of drug-likeness (QED) is 0.698. The van der Waals surface area contributed by atoms with E-state index in [4.69, 9.17) is 5.73 Å². The van der Waals surface area contributed by atoms with Gasteiger partial charge in [0.25, 0.3) is 0 Å². The molecule has 1 aromatic carbocycles. The minimum Gasteiger partial charge on any atom is -0.369 e. The SMILES string of the molecule is NC(=O)C1CNCC1C(=O)NCCc1ccc(F)cc1. The first-order valence-corrected chi connectivity index (χ1v) is 6.60. The number of nitrogens with two attached hydrogens (primary N) is 1. The molecule has 1 aliphatic rings. The second-order valence-electron chi connectivity index (χ2n) is 4.94. The van der Waals surface area contributed by atoms with Crippen molar-refractivity contribution >= 4 is 11.8 Å². The maximum atomic E-state index is 12.7. The van der Waals surface area contributed by atoms with Crippen LogP contribution in [0.5, 0.6) is 0 Å². The molecule has 2 rings (SSSR count). The van der Waals surface area contributed by atoms with E-state index in [0.29, 0.717) is 26.1 Å². The summed E-state index contributed by atoms with van der Waals surface area (Å²) in [6, 6.07) is 6.15. The van der Waals surface area contributed by atoms with Gasteiger partial charge in [0.1, 0.15) is 5.82 Å². The fraction of sp³-hybridized carbons (Fsp3) is 0.429. The molecule has 20 heavy (non-hydrogen) atoms. The van der Waals surface area contributed by atoms with Gasteiger partial charge in [0.15, 0.2) is 0 Å². The van der Waals surface area contributed by atoms with Crippen LogP contribution in [-0.4, -0.2) is 31.4 Å². The van der Waals surface area contributed by atoms with Crippen LogP contribution in [0.1, 0.15) is 5.56 Å². The monoisotopic (exact) mass is 279 g/mol. The molecule has 1 aromatic rings. The first kappa shape index (κ1) is 14.5. The lowest BCUT2D eigenvalue weighted by atomic mass is 9.94. The molecule has 2 amide bonds. The molecule has 1 aliphatic heterocycles. The van der Waals surface area contributed by atoms with Gasteiger partial charge in [-0.1, -0.05) is 12.1 Å². The van der Waals surface area contributed by atoms with E-state index in [0.717, 1.165) is 5.56 Å². The third kappa shape index (κ3) is 3.54. The minimum absolute atomic E-state index is 0.166. The van der Waals surface area contributed by atoms with E-state index in [2.05, 4.69) is 10.6 Å². The fourth-order valence-electron chi connectivity index (χ4n) is 2.37. The molecule has 2 unspecified atom stereocenters. The summed E-state index contributed by atoms with van der Waals surface area (Å²) in [7, 11) is 0. The lowest BCUT2D eigenvalue weighted by Gasteiger charge is -2.15. The predicted molar refractivity (Wildman–Crippen MR) is 72.2 cm³/mol. The van der Waals surface area contributed by atoms with Gasteiger partial charge in [-0.3, -0.25) is 9.59 Å².